The number of unbranched alkanes of at least 4 members (excludes halogenated alkanes) is 10. The van der Waals surface area contributed by atoms with Gasteiger partial charge in [0.2, 0.25) is 11.0 Å². The van der Waals surface area contributed by atoms with Gasteiger partial charge in [-0.15, -0.1) is 4.85 Å². The molecule has 0 amide bonds. The quantitative estimate of drug-likeness (QED) is 0.150. The maximum atomic E-state index is 13.5. The van der Waals surface area contributed by atoms with Crippen LogP contribution < -0.4 is 4.85 Å². The van der Waals surface area contributed by atoms with Gasteiger partial charge in [0, 0.05) is 0 Å². The first-order chi connectivity index (χ1) is 17.1. The van der Waals surface area contributed by atoms with Crippen molar-refractivity contribution in [3.8, 4) is 0 Å². The molecule has 0 bridgehead atoms. The Bertz CT molecular complexity index is 1020. The van der Waals surface area contributed by atoms with Crippen LogP contribution in [0.25, 0.3) is 11.0 Å². The third-order valence-corrected chi connectivity index (χ3v) is 6.88. The Kier molecular flexibility index (Phi) is 11.2. The summed E-state index contributed by atoms with van der Waals surface area (Å²) in [6, 6.07) is 16.6. The van der Waals surface area contributed by atoms with Crippen molar-refractivity contribution in [2.45, 2.75) is 96.5 Å². The summed E-state index contributed by atoms with van der Waals surface area (Å²) < 4.78 is 1.17. The number of rotatable bonds is 16. The summed E-state index contributed by atoms with van der Waals surface area (Å²) in [5, 5.41) is 27.2. The normalized spacial score (nSPS) is 13.2. The number of aliphatic hydroxyl groups excluding tert-OH is 1. The largest absolute Gasteiger partial charge is 0.691 e. The lowest BCUT2D eigenvalue weighted by Gasteiger charge is -2.19. The SMILES string of the molecule is CCCCCCCCCCCCC[C@H](O)C(Cc1ccccc1)C(=O)n1n[n+]([O-])c2ccccc21. The van der Waals surface area contributed by atoms with Gasteiger partial charge in [0.15, 0.2) is 0 Å². The first-order valence-corrected chi connectivity index (χ1v) is 13.5. The standard InChI is InChI=1S/C29H41N3O3/c1-2-3-4-5-6-7-8-9-10-11-15-22-28(33)25(23-24-18-13-12-14-19-24)29(34)31-26-20-16-17-21-27(26)32(35)30-31/h12-14,16-21,25,28,33H,2-11,15,22-23H2,1H3/t25?,28-/m0/s1. The number of aromatic nitrogens is 3. The molecule has 6 heteroatoms. The number of para-hydroxylation sites is 2. The Morgan fingerprint density at radius 3 is 2.11 bits per heavy atom. The number of hydrogen-bond donors (Lipinski definition) is 1. The van der Waals surface area contributed by atoms with Crippen LogP contribution in [0.5, 0.6) is 0 Å². The van der Waals surface area contributed by atoms with Gasteiger partial charge < -0.3 is 10.3 Å². The molecule has 1 unspecified atom stereocenters. The fourth-order valence-corrected chi connectivity index (χ4v) is 4.78. The number of hydrogen-bond acceptors (Lipinski definition) is 4. The van der Waals surface area contributed by atoms with Crippen LogP contribution in [-0.2, 0) is 6.42 Å². The molecule has 1 N–H and O–H groups in total. The molecular weight excluding hydrogens is 438 g/mol. The van der Waals surface area contributed by atoms with Crippen LogP contribution >= 0.6 is 0 Å². The molecule has 0 aliphatic carbocycles. The first-order valence-electron chi connectivity index (χ1n) is 13.5. The van der Waals surface area contributed by atoms with E-state index in [2.05, 4.69) is 12.1 Å². The molecule has 1 heterocycles. The second-order valence-electron chi connectivity index (χ2n) is 9.69. The van der Waals surface area contributed by atoms with Gasteiger partial charge in [-0.3, -0.25) is 0 Å². The van der Waals surface area contributed by atoms with E-state index in [4.69, 9.17) is 0 Å². The number of fused-ring (bicyclic) bond motifs is 1. The smallest absolute Gasteiger partial charge is 0.341 e. The van der Waals surface area contributed by atoms with Crippen LogP contribution in [-0.4, -0.2) is 27.0 Å². The van der Waals surface area contributed by atoms with E-state index < -0.39 is 12.0 Å². The Morgan fingerprint density at radius 2 is 1.46 bits per heavy atom. The second kappa shape index (κ2) is 14.6. The molecule has 0 saturated heterocycles. The summed E-state index contributed by atoms with van der Waals surface area (Å²) in [7, 11) is 0. The number of carbonyl (C=O) groups is 1. The van der Waals surface area contributed by atoms with Crippen LogP contribution in [0.4, 0.5) is 0 Å². The van der Waals surface area contributed by atoms with E-state index in [1.54, 1.807) is 24.3 Å². The zero-order valence-corrected chi connectivity index (χ0v) is 21.1. The van der Waals surface area contributed by atoms with Gasteiger partial charge in [-0.25, -0.2) is 4.79 Å². The Labute approximate surface area is 209 Å². The Balaban J connectivity index is 1.53. The molecular formula is C29H41N3O3. The van der Waals surface area contributed by atoms with Gasteiger partial charge in [0.25, 0.3) is 0 Å². The summed E-state index contributed by atoms with van der Waals surface area (Å²) in [5.41, 5.74) is 1.79. The minimum absolute atomic E-state index is 0.338. The highest BCUT2D eigenvalue weighted by Gasteiger charge is 2.34. The van der Waals surface area contributed by atoms with Crippen LogP contribution in [0.2, 0.25) is 0 Å². The van der Waals surface area contributed by atoms with Crippen LogP contribution in [0.1, 0.15) is 94.3 Å². The lowest BCUT2D eigenvalue weighted by atomic mass is 9.90. The average molecular weight is 480 g/mol. The van der Waals surface area contributed by atoms with Crippen LogP contribution in [0.3, 0.4) is 0 Å². The minimum Gasteiger partial charge on any atom is -0.691 e. The van der Waals surface area contributed by atoms with Crippen molar-refractivity contribution in [3.05, 3.63) is 65.4 Å². The molecule has 0 aliphatic rings. The summed E-state index contributed by atoms with van der Waals surface area (Å²) in [4.78, 5) is 14.0. The fraction of sp³-hybridized carbons (Fsp3) is 0.552. The predicted molar refractivity (Wildman–Crippen MR) is 140 cm³/mol. The molecule has 2 atom stereocenters. The molecule has 0 radical (unpaired) electrons. The van der Waals surface area contributed by atoms with Crippen LogP contribution in [0, 0.1) is 11.1 Å². The van der Waals surface area contributed by atoms with Crippen molar-refractivity contribution in [2.24, 2.45) is 5.92 Å². The van der Waals surface area contributed by atoms with E-state index in [0.29, 0.717) is 28.7 Å². The molecule has 0 aliphatic heterocycles. The second-order valence-corrected chi connectivity index (χ2v) is 9.69. The topological polar surface area (TPSA) is 82.1 Å². The summed E-state index contributed by atoms with van der Waals surface area (Å²) in [6.07, 6.45) is 13.8. The molecule has 35 heavy (non-hydrogen) atoms. The van der Waals surface area contributed by atoms with Crippen molar-refractivity contribution < 1.29 is 14.7 Å². The van der Waals surface area contributed by atoms with Gasteiger partial charge in [0.05, 0.1) is 12.0 Å². The molecule has 190 valence electrons. The van der Waals surface area contributed by atoms with Gasteiger partial charge in [0.1, 0.15) is 5.21 Å². The minimum atomic E-state index is -0.788. The van der Waals surface area contributed by atoms with E-state index in [0.717, 1.165) is 18.4 Å². The molecule has 2 aromatic carbocycles. The van der Waals surface area contributed by atoms with E-state index in [-0.39, 0.29) is 5.91 Å². The van der Waals surface area contributed by atoms with Gasteiger partial charge in [-0.2, -0.15) is 0 Å². The zero-order valence-electron chi connectivity index (χ0n) is 21.1. The molecule has 3 aromatic rings. The first kappa shape index (κ1) is 26.9. The van der Waals surface area contributed by atoms with Gasteiger partial charge in [-0.05, 0) is 30.5 Å². The third-order valence-electron chi connectivity index (χ3n) is 6.88. The van der Waals surface area contributed by atoms with Crippen molar-refractivity contribution in [1.82, 2.24) is 9.90 Å². The predicted octanol–water partition coefficient (Wildman–Crippen LogP) is 6.23. The lowest BCUT2D eigenvalue weighted by Crippen LogP contribution is -2.37. The maximum absolute atomic E-state index is 13.5. The van der Waals surface area contributed by atoms with E-state index in [1.165, 1.54) is 62.5 Å². The lowest BCUT2D eigenvalue weighted by molar-refractivity contribution is -0.645. The van der Waals surface area contributed by atoms with Crippen molar-refractivity contribution >= 4 is 16.9 Å². The van der Waals surface area contributed by atoms with Gasteiger partial charge in [-0.1, -0.05) is 125 Å². The molecule has 0 saturated carbocycles. The van der Waals surface area contributed by atoms with E-state index in [1.807, 2.05) is 30.3 Å². The van der Waals surface area contributed by atoms with E-state index >= 15 is 0 Å². The number of nitrogens with zero attached hydrogens (tertiary/aromatic N) is 3. The number of aliphatic hydroxyl groups is 1. The fourth-order valence-electron chi connectivity index (χ4n) is 4.78. The third kappa shape index (κ3) is 8.17. The molecule has 6 nitrogen and oxygen atoms in total. The Hall–Kier alpha value is -2.73. The summed E-state index contributed by atoms with van der Waals surface area (Å²) >= 11 is 0. The number of benzene rings is 2. The van der Waals surface area contributed by atoms with E-state index in [9.17, 15) is 15.1 Å². The van der Waals surface area contributed by atoms with Crippen LogP contribution in [0.15, 0.2) is 54.6 Å². The molecule has 0 fully saturated rings. The van der Waals surface area contributed by atoms with Crippen molar-refractivity contribution in [1.29, 1.82) is 0 Å². The maximum Gasteiger partial charge on any atom is 0.341 e. The summed E-state index contributed by atoms with van der Waals surface area (Å²) in [5.74, 6) is -1.00. The zero-order chi connectivity index (χ0) is 24.9. The highest BCUT2D eigenvalue weighted by molar-refractivity contribution is 5.89. The highest BCUT2D eigenvalue weighted by Crippen LogP contribution is 2.22. The van der Waals surface area contributed by atoms with Crippen molar-refractivity contribution in [3.63, 3.8) is 0 Å². The number of carbonyl (C=O) groups excluding carboxylic acids is 1. The van der Waals surface area contributed by atoms with Gasteiger partial charge >= 0.3 is 5.91 Å². The molecule has 3 rings (SSSR count). The van der Waals surface area contributed by atoms with Crippen molar-refractivity contribution in [2.75, 3.05) is 0 Å². The molecule has 1 aromatic heterocycles. The Morgan fingerprint density at radius 1 is 0.886 bits per heavy atom. The highest BCUT2D eigenvalue weighted by atomic mass is 16.5. The summed E-state index contributed by atoms with van der Waals surface area (Å²) in [6.45, 7) is 2.25. The monoisotopic (exact) mass is 479 g/mol. The molecule has 0 spiro atoms. The average Bonchev–Trinajstić information content (AvgIpc) is 3.22.